The minimum atomic E-state index is -0.584. The molecular formula is C16H21FN6O2. The summed E-state index contributed by atoms with van der Waals surface area (Å²) in [6.45, 7) is 3.54. The number of benzene rings is 1. The first-order chi connectivity index (χ1) is 12.1. The van der Waals surface area contributed by atoms with Crippen molar-refractivity contribution in [1.29, 1.82) is 0 Å². The molecule has 0 aliphatic carbocycles. The normalized spacial score (nSPS) is 16.6. The van der Waals surface area contributed by atoms with Crippen molar-refractivity contribution in [3.8, 4) is 5.69 Å². The topological polar surface area (TPSA) is 94.0 Å². The minimum Gasteiger partial charge on any atom is -0.384 e. The van der Waals surface area contributed by atoms with Gasteiger partial charge in [-0.3, -0.25) is 4.79 Å². The molecule has 2 N–H and O–H groups in total. The van der Waals surface area contributed by atoms with Crippen molar-refractivity contribution in [2.75, 3.05) is 32.1 Å². The summed E-state index contributed by atoms with van der Waals surface area (Å²) in [5, 5.41) is 17.2. The number of carbonyl (C=O) groups is 1. The predicted octanol–water partition coefficient (Wildman–Crippen LogP) is 1.06. The van der Waals surface area contributed by atoms with Gasteiger partial charge in [0.25, 0.3) is 0 Å². The number of piperidine rings is 1. The lowest BCUT2D eigenvalue weighted by atomic mass is 9.78. The number of ether oxygens (including phenoxy) is 1. The second-order valence-corrected chi connectivity index (χ2v) is 6.22. The van der Waals surface area contributed by atoms with Crippen LogP contribution in [0.4, 0.5) is 10.1 Å². The molecule has 3 rings (SSSR count). The number of nitrogens with one attached hydrogen (secondary N) is 2. The smallest absolute Gasteiger partial charge is 0.233 e. The third-order valence-corrected chi connectivity index (χ3v) is 4.52. The largest absolute Gasteiger partial charge is 0.384 e. The zero-order chi connectivity index (χ0) is 17.9. The molecule has 1 fully saturated rings. The summed E-state index contributed by atoms with van der Waals surface area (Å²) in [7, 11) is 1.59. The first kappa shape index (κ1) is 17.4. The second-order valence-electron chi connectivity index (χ2n) is 6.22. The van der Waals surface area contributed by atoms with Crippen LogP contribution in [-0.2, 0) is 9.53 Å². The summed E-state index contributed by atoms with van der Waals surface area (Å²) in [6.07, 6.45) is 1.37. The van der Waals surface area contributed by atoms with E-state index in [2.05, 4.69) is 26.2 Å². The molecule has 0 atom stereocenters. The van der Waals surface area contributed by atoms with Crippen LogP contribution in [-0.4, -0.2) is 52.9 Å². The summed E-state index contributed by atoms with van der Waals surface area (Å²) < 4.78 is 20.7. The Morgan fingerprint density at radius 1 is 1.44 bits per heavy atom. The van der Waals surface area contributed by atoms with E-state index in [9.17, 15) is 9.18 Å². The van der Waals surface area contributed by atoms with Gasteiger partial charge in [0.05, 0.1) is 12.0 Å². The number of hydrogen-bond acceptors (Lipinski definition) is 6. The van der Waals surface area contributed by atoms with Gasteiger partial charge in [-0.1, -0.05) is 0 Å². The fraction of sp³-hybridized carbons (Fsp3) is 0.500. The van der Waals surface area contributed by atoms with Crippen molar-refractivity contribution >= 4 is 11.6 Å². The number of aryl methyl sites for hydroxylation is 1. The van der Waals surface area contributed by atoms with Crippen LogP contribution in [0.3, 0.4) is 0 Å². The summed E-state index contributed by atoms with van der Waals surface area (Å²) in [5.41, 5.74) is 0.0935. The first-order valence-electron chi connectivity index (χ1n) is 8.12. The zero-order valence-corrected chi connectivity index (χ0v) is 14.3. The van der Waals surface area contributed by atoms with Crippen molar-refractivity contribution in [3.05, 3.63) is 29.8 Å². The highest BCUT2D eigenvalue weighted by Crippen LogP contribution is 2.31. The Morgan fingerprint density at radius 3 is 2.84 bits per heavy atom. The lowest BCUT2D eigenvalue weighted by Gasteiger charge is -2.35. The van der Waals surface area contributed by atoms with Crippen molar-refractivity contribution in [2.24, 2.45) is 5.41 Å². The number of nitrogens with zero attached hydrogens (tertiary/aromatic N) is 4. The van der Waals surface area contributed by atoms with Gasteiger partial charge in [-0.25, -0.2) is 4.39 Å². The molecule has 0 saturated carbocycles. The highest BCUT2D eigenvalue weighted by atomic mass is 19.1. The molecule has 0 unspecified atom stereocenters. The molecule has 1 aromatic heterocycles. The fourth-order valence-electron chi connectivity index (χ4n) is 3.09. The number of methoxy groups -OCH3 is 1. The fourth-order valence-corrected chi connectivity index (χ4v) is 3.09. The monoisotopic (exact) mass is 348 g/mol. The third kappa shape index (κ3) is 3.52. The lowest BCUT2D eigenvalue weighted by molar-refractivity contribution is -0.130. The van der Waals surface area contributed by atoms with Crippen molar-refractivity contribution in [1.82, 2.24) is 25.5 Å². The molecular weight excluding hydrogens is 327 g/mol. The molecule has 0 spiro atoms. The maximum Gasteiger partial charge on any atom is 0.233 e. The number of anilines is 1. The van der Waals surface area contributed by atoms with E-state index < -0.39 is 11.2 Å². The van der Waals surface area contributed by atoms with Crippen LogP contribution in [0.15, 0.2) is 18.2 Å². The summed E-state index contributed by atoms with van der Waals surface area (Å²) in [4.78, 5) is 12.9. The van der Waals surface area contributed by atoms with E-state index in [1.54, 1.807) is 14.0 Å². The van der Waals surface area contributed by atoms with Crippen LogP contribution in [0.5, 0.6) is 0 Å². The van der Waals surface area contributed by atoms with E-state index in [1.807, 2.05) is 0 Å². The van der Waals surface area contributed by atoms with Gasteiger partial charge in [0, 0.05) is 12.8 Å². The summed E-state index contributed by atoms with van der Waals surface area (Å²) >= 11 is 0. The number of tetrazole rings is 1. The van der Waals surface area contributed by atoms with E-state index in [1.165, 1.54) is 22.9 Å². The highest BCUT2D eigenvalue weighted by Gasteiger charge is 2.39. The Morgan fingerprint density at radius 2 is 2.20 bits per heavy atom. The maximum absolute atomic E-state index is 14.1. The average Bonchev–Trinajstić information content (AvgIpc) is 3.03. The molecule has 2 aromatic rings. The van der Waals surface area contributed by atoms with Crippen molar-refractivity contribution in [2.45, 2.75) is 19.8 Å². The van der Waals surface area contributed by atoms with Crippen LogP contribution in [0.25, 0.3) is 5.69 Å². The van der Waals surface area contributed by atoms with Gasteiger partial charge >= 0.3 is 0 Å². The van der Waals surface area contributed by atoms with Crippen molar-refractivity contribution in [3.63, 3.8) is 0 Å². The Bertz CT molecular complexity index is 751. The van der Waals surface area contributed by atoms with E-state index >= 15 is 0 Å². The van der Waals surface area contributed by atoms with E-state index in [-0.39, 0.29) is 11.6 Å². The average molecular weight is 348 g/mol. The summed E-state index contributed by atoms with van der Waals surface area (Å²) in [6, 6.07) is 4.34. The van der Waals surface area contributed by atoms with E-state index in [0.717, 1.165) is 13.1 Å². The van der Waals surface area contributed by atoms with Crippen LogP contribution >= 0.6 is 0 Å². The number of aromatic nitrogens is 4. The molecule has 1 saturated heterocycles. The Balaban J connectivity index is 1.85. The number of halogens is 1. The standard InChI is InChI=1S/C16H21FN6O2/c1-11-20-21-22-23(11)14-9-12(3-4-13(14)17)19-15(24)16(10-25-2)5-7-18-8-6-16/h3-4,9,18H,5-8,10H2,1-2H3,(H,19,24). The van der Waals surface area contributed by atoms with Gasteiger partial charge < -0.3 is 15.4 Å². The minimum absolute atomic E-state index is 0.123. The number of hydrogen-bond donors (Lipinski definition) is 2. The maximum atomic E-state index is 14.1. The van der Waals surface area contributed by atoms with Gasteiger partial charge in [-0.15, -0.1) is 5.10 Å². The van der Waals surface area contributed by atoms with Gasteiger partial charge in [-0.05, 0) is 61.5 Å². The lowest BCUT2D eigenvalue weighted by Crippen LogP contribution is -2.47. The van der Waals surface area contributed by atoms with Crippen molar-refractivity contribution < 1.29 is 13.9 Å². The Kier molecular flexibility index (Phi) is 5.05. The molecule has 8 nitrogen and oxygen atoms in total. The molecule has 0 bridgehead atoms. The molecule has 134 valence electrons. The van der Waals surface area contributed by atoms with Crippen LogP contribution < -0.4 is 10.6 Å². The van der Waals surface area contributed by atoms with E-state index in [0.29, 0.717) is 31.0 Å². The predicted molar refractivity (Wildman–Crippen MR) is 88.9 cm³/mol. The molecule has 1 aliphatic rings. The Labute approximate surface area is 144 Å². The van der Waals surface area contributed by atoms with Gasteiger partial charge in [0.15, 0.2) is 5.82 Å². The number of carbonyl (C=O) groups excluding carboxylic acids is 1. The molecule has 1 aliphatic heterocycles. The molecule has 25 heavy (non-hydrogen) atoms. The highest BCUT2D eigenvalue weighted by molar-refractivity contribution is 5.95. The molecule has 9 heteroatoms. The zero-order valence-electron chi connectivity index (χ0n) is 14.3. The molecule has 1 amide bonds. The molecule has 0 radical (unpaired) electrons. The van der Waals surface area contributed by atoms with Crippen LogP contribution in [0.1, 0.15) is 18.7 Å². The van der Waals surface area contributed by atoms with E-state index in [4.69, 9.17) is 4.74 Å². The third-order valence-electron chi connectivity index (χ3n) is 4.52. The second kappa shape index (κ2) is 7.24. The SMILES string of the molecule is COCC1(C(=O)Nc2ccc(F)c(-n3nnnc3C)c2)CCNCC1. The van der Waals surface area contributed by atoms with Gasteiger partial charge in [0.2, 0.25) is 5.91 Å². The summed E-state index contributed by atoms with van der Waals surface area (Å²) in [5.74, 6) is -0.139. The molecule has 1 aromatic carbocycles. The van der Waals surface area contributed by atoms with Gasteiger partial charge in [-0.2, -0.15) is 4.68 Å². The number of rotatable bonds is 5. The Hall–Kier alpha value is -2.39. The molecule has 2 heterocycles. The quantitative estimate of drug-likeness (QED) is 0.839. The first-order valence-corrected chi connectivity index (χ1v) is 8.12. The van der Waals surface area contributed by atoms with Crippen LogP contribution in [0.2, 0.25) is 0 Å². The number of amides is 1. The van der Waals surface area contributed by atoms with Gasteiger partial charge in [0.1, 0.15) is 11.5 Å². The van der Waals surface area contributed by atoms with Crippen LogP contribution in [0, 0.1) is 18.2 Å².